The second-order valence-corrected chi connectivity index (χ2v) is 10.5. The summed E-state index contributed by atoms with van der Waals surface area (Å²) < 4.78 is 25.9. The predicted molar refractivity (Wildman–Crippen MR) is 146 cm³/mol. The van der Waals surface area contributed by atoms with Crippen LogP contribution < -0.4 is 5.32 Å². The number of halogens is 2. The fourth-order valence-corrected chi connectivity index (χ4v) is 5.15. The molecular weight excluding hydrogens is 490 g/mol. The van der Waals surface area contributed by atoms with E-state index in [2.05, 4.69) is 34.1 Å². The van der Waals surface area contributed by atoms with Gasteiger partial charge in [0.2, 0.25) is 0 Å². The summed E-state index contributed by atoms with van der Waals surface area (Å²) in [5.41, 5.74) is 3.53. The third-order valence-electron chi connectivity index (χ3n) is 7.52. The predicted octanol–water partition coefficient (Wildman–Crippen LogP) is 5.46. The second-order valence-electron chi connectivity index (χ2n) is 10.5. The van der Waals surface area contributed by atoms with Gasteiger partial charge in [-0.1, -0.05) is 6.92 Å². The Morgan fingerprint density at radius 2 is 2.03 bits per heavy atom. The number of nitrogens with zero attached hydrogens (tertiary/aromatic N) is 4. The third kappa shape index (κ3) is 6.30. The molecule has 0 bridgehead atoms. The molecule has 1 saturated heterocycles. The number of benzene rings is 1. The standard InChI is InChI=1S/C23H29N5O2.C5H9F2N/c1-4-20(22-19-11-16(14-29)5-6-21(19)26-23(22)30)25-17-12-24-28(13-17)18-7-9-27(10-8-18)15(2)3;1-8-4-2-5(6,7)3-4/h5-6,11-15,18,26,30H,4,7-10H2,1-3H3;4,8H,2-3H2,1H3. The summed E-state index contributed by atoms with van der Waals surface area (Å²) in [6.07, 6.45) is 7.44. The van der Waals surface area contributed by atoms with Crippen LogP contribution in [0.3, 0.4) is 0 Å². The van der Waals surface area contributed by atoms with Crippen molar-refractivity contribution in [2.24, 2.45) is 4.99 Å². The van der Waals surface area contributed by atoms with E-state index in [0.717, 1.165) is 54.5 Å². The fourth-order valence-electron chi connectivity index (χ4n) is 5.15. The van der Waals surface area contributed by atoms with Crippen LogP contribution in [-0.4, -0.2) is 74.9 Å². The average Bonchev–Trinajstić information content (AvgIpc) is 3.49. The van der Waals surface area contributed by atoms with E-state index in [9.17, 15) is 18.7 Å². The summed E-state index contributed by atoms with van der Waals surface area (Å²) in [6.45, 7) is 8.66. The van der Waals surface area contributed by atoms with Gasteiger partial charge in [0.1, 0.15) is 12.0 Å². The minimum absolute atomic E-state index is 0.0174. The maximum absolute atomic E-state index is 11.9. The molecule has 38 heavy (non-hydrogen) atoms. The highest BCUT2D eigenvalue weighted by Gasteiger charge is 2.44. The van der Waals surface area contributed by atoms with E-state index in [1.54, 1.807) is 31.4 Å². The summed E-state index contributed by atoms with van der Waals surface area (Å²) in [7, 11) is 1.71. The Hall–Kier alpha value is -3.11. The molecule has 1 aliphatic carbocycles. The van der Waals surface area contributed by atoms with Gasteiger partial charge in [0, 0.05) is 54.5 Å². The molecule has 10 heteroatoms. The van der Waals surface area contributed by atoms with Crippen molar-refractivity contribution >= 4 is 28.6 Å². The second kappa shape index (κ2) is 11.7. The average molecular weight is 529 g/mol. The van der Waals surface area contributed by atoms with Gasteiger partial charge in [-0.2, -0.15) is 5.10 Å². The molecule has 0 unspecified atom stereocenters. The Bertz CT molecular complexity index is 1270. The lowest BCUT2D eigenvalue weighted by Gasteiger charge is -2.34. The van der Waals surface area contributed by atoms with Crippen LogP contribution >= 0.6 is 0 Å². The van der Waals surface area contributed by atoms with E-state index in [4.69, 9.17) is 4.99 Å². The summed E-state index contributed by atoms with van der Waals surface area (Å²) >= 11 is 0. The quantitative estimate of drug-likeness (QED) is 0.279. The highest BCUT2D eigenvalue weighted by molar-refractivity contribution is 6.14. The van der Waals surface area contributed by atoms with Gasteiger partial charge in [0.15, 0.2) is 5.88 Å². The highest BCUT2D eigenvalue weighted by atomic mass is 19.3. The first-order valence-corrected chi connectivity index (χ1v) is 13.3. The number of rotatable bonds is 7. The highest BCUT2D eigenvalue weighted by Crippen LogP contribution is 2.37. The number of carbonyl (C=O) groups is 1. The van der Waals surface area contributed by atoms with Crippen molar-refractivity contribution in [1.29, 1.82) is 0 Å². The molecule has 206 valence electrons. The summed E-state index contributed by atoms with van der Waals surface area (Å²) in [6, 6.07) is 6.35. The molecule has 3 heterocycles. The van der Waals surface area contributed by atoms with Crippen LogP contribution in [0.25, 0.3) is 10.9 Å². The van der Waals surface area contributed by atoms with Crippen molar-refractivity contribution in [3.63, 3.8) is 0 Å². The maximum Gasteiger partial charge on any atom is 0.251 e. The van der Waals surface area contributed by atoms with E-state index in [1.807, 2.05) is 17.8 Å². The zero-order valence-corrected chi connectivity index (χ0v) is 22.5. The minimum atomic E-state index is -2.37. The number of hydrogen-bond donors (Lipinski definition) is 3. The first kappa shape index (κ1) is 27.9. The third-order valence-corrected chi connectivity index (χ3v) is 7.52. The monoisotopic (exact) mass is 528 g/mol. The van der Waals surface area contributed by atoms with Crippen LogP contribution in [0.5, 0.6) is 5.88 Å². The van der Waals surface area contributed by atoms with Gasteiger partial charge in [0.25, 0.3) is 5.92 Å². The Morgan fingerprint density at radius 1 is 1.32 bits per heavy atom. The van der Waals surface area contributed by atoms with Gasteiger partial charge in [-0.3, -0.25) is 9.48 Å². The zero-order chi connectivity index (χ0) is 27.4. The molecule has 0 amide bonds. The number of piperidine rings is 1. The summed E-state index contributed by atoms with van der Waals surface area (Å²) in [4.78, 5) is 21.5. The topological polar surface area (TPSA) is 98.5 Å². The molecule has 0 spiro atoms. The van der Waals surface area contributed by atoms with Crippen LogP contribution in [0.4, 0.5) is 14.5 Å². The molecule has 2 aliphatic rings. The number of aldehydes is 1. The SMILES string of the molecule is CCC(=Nc1cnn(C2CCN(C(C)C)CC2)c1)c1c(O)[nH]c2ccc(C=O)cc12.CNC1CC(F)(F)C1. The smallest absolute Gasteiger partial charge is 0.251 e. The van der Waals surface area contributed by atoms with Gasteiger partial charge >= 0.3 is 0 Å². The van der Waals surface area contributed by atoms with Crippen LogP contribution in [0.15, 0.2) is 35.6 Å². The molecule has 1 aliphatic heterocycles. The van der Waals surface area contributed by atoms with E-state index >= 15 is 0 Å². The van der Waals surface area contributed by atoms with Crippen LogP contribution in [0, 0.1) is 0 Å². The van der Waals surface area contributed by atoms with Crippen LogP contribution in [-0.2, 0) is 0 Å². The Kier molecular flexibility index (Phi) is 8.62. The van der Waals surface area contributed by atoms with Crippen molar-refractivity contribution in [3.8, 4) is 5.88 Å². The van der Waals surface area contributed by atoms with E-state index in [1.165, 1.54) is 0 Å². The van der Waals surface area contributed by atoms with Gasteiger partial charge in [-0.15, -0.1) is 0 Å². The molecule has 1 saturated carbocycles. The largest absolute Gasteiger partial charge is 0.494 e. The number of aromatic nitrogens is 3. The van der Waals surface area contributed by atoms with Crippen LogP contribution in [0.2, 0.25) is 0 Å². The minimum Gasteiger partial charge on any atom is -0.494 e. The van der Waals surface area contributed by atoms with Crippen molar-refractivity contribution in [2.45, 2.75) is 76.9 Å². The van der Waals surface area contributed by atoms with Gasteiger partial charge < -0.3 is 20.3 Å². The van der Waals surface area contributed by atoms with E-state index < -0.39 is 5.92 Å². The molecule has 5 rings (SSSR count). The van der Waals surface area contributed by atoms with E-state index in [0.29, 0.717) is 29.6 Å². The number of fused-ring (bicyclic) bond motifs is 1. The summed E-state index contributed by atoms with van der Waals surface area (Å²) in [5, 5.41) is 18.6. The number of H-pyrrole nitrogens is 1. The Balaban J connectivity index is 0.000000360. The number of nitrogens with one attached hydrogen (secondary N) is 2. The fraction of sp³-hybridized carbons (Fsp3) is 0.536. The van der Waals surface area contributed by atoms with Gasteiger partial charge in [0.05, 0.1) is 29.7 Å². The molecular formula is C28H38F2N6O2. The zero-order valence-electron chi connectivity index (χ0n) is 22.5. The lowest BCUT2D eigenvalue weighted by molar-refractivity contribution is -0.0910. The molecule has 2 aromatic heterocycles. The first-order valence-electron chi connectivity index (χ1n) is 13.3. The number of aromatic hydroxyl groups is 1. The molecule has 3 aromatic rings. The Morgan fingerprint density at radius 3 is 2.58 bits per heavy atom. The number of aromatic amines is 1. The van der Waals surface area contributed by atoms with Crippen molar-refractivity contribution in [2.75, 3.05) is 20.1 Å². The van der Waals surface area contributed by atoms with Crippen molar-refractivity contribution < 1.29 is 18.7 Å². The number of carbonyl (C=O) groups excluding carboxylic acids is 1. The number of hydrogen-bond acceptors (Lipinski definition) is 6. The van der Waals surface area contributed by atoms with Gasteiger partial charge in [-0.05, 0) is 58.4 Å². The van der Waals surface area contributed by atoms with Crippen LogP contribution in [0.1, 0.15) is 74.8 Å². The molecule has 0 radical (unpaired) electrons. The molecule has 1 aromatic carbocycles. The first-order chi connectivity index (χ1) is 18.1. The van der Waals surface area contributed by atoms with Crippen molar-refractivity contribution in [1.82, 2.24) is 25.0 Å². The van der Waals surface area contributed by atoms with Gasteiger partial charge in [-0.25, -0.2) is 13.8 Å². The van der Waals surface area contributed by atoms with Crippen molar-refractivity contribution in [3.05, 3.63) is 41.7 Å². The molecule has 2 fully saturated rings. The number of aliphatic imine (C=N–C) groups is 1. The maximum atomic E-state index is 11.9. The molecule has 0 atom stereocenters. The van der Waals surface area contributed by atoms with E-state index in [-0.39, 0.29) is 24.8 Å². The lowest BCUT2D eigenvalue weighted by Crippen LogP contribution is -2.46. The normalized spacial score (nSPS) is 18.9. The molecule has 8 nitrogen and oxygen atoms in total. The molecule has 3 N–H and O–H groups in total. The summed E-state index contributed by atoms with van der Waals surface area (Å²) in [5.74, 6) is -2.30. The lowest BCUT2D eigenvalue weighted by atomic mass is 9.88. The number of alkyl halides is 2. The number of likely N-dealkylation sites (tertiary alicyclic amines) is 1. The Labute approximate surface area is 222 Å².